The van der Waals surface area contributed by atoms with E-state index in [1.165, 1.54) is 0 Å². The lowest BCUT2D eigenvalue weighted by Gasteiger charge is -2.09. The van der Waals surface area contributed by atoms with Gasteiger partial charge in [0.2, 0.25) is 0 Å². The lowest BCUT2D eigenvalue weighted by Crippen LogP contribution is -1.95. The van der Waals surface area contributed by atoms with Crippen molar-refractivity contribution in [2.24, 2.45) is 0 Å². The number of aromatic carboxylic acids is 1. The van der Waals surface area contributed by atoms with Crippen LogP contribution in [0.15, 0.2) is 84.9 Å². The fourth-order valence-electron chi connectivity index (χ4n) is 2.46. The zero-order valence-corrected chi connectivity index (χ0v) is 12.5. The van der Waals surface area contributed by atoms with Gasteiger partial charge in [0.15, 0.2) is 0 Å². The Morgan fingerprint density at radius 2 is 1.13 bits per heavy atom. The molecule has 0 bridgehead atoms. The zero-order chi connectivity index (χ0) is 16.1. The van der Waals surface area contributed by atoms with Gasteiger partial charge in [0.05, 0.1) is 5.56 Å². The van der Waals surface area contributed by atoms with Crippen LogP contribution < -0.4 is 0 Å². The molecule has 0 aromatic heterocycles. The summed E-state index contributed by atoms with van der Waals surface area (Å²) in [6, 6.07) is 27.2. The molecule has 0 aliphatic rings. The van der Waals surface area contributed by atoms with Gasteiger partial charge >= 0.3 is 5.97 Å². The van der Waals surface area contributed by atoms with Crippen molar-refractivity contribution in [1.82, 2.24) is 0 Å². The van der Waals surface area contributed by atoms with Crippen LogP contribution in [0.2, 0.25) is 0 Å². The van der Waals surface area contributed by atoms with Gasteiger partial charge < -0.3 is 5.11 Å². The van der Waals surface area contributed by atoms with E-state index in [2.05, 4.69) is 30.3 Å². The Labute approximate surface area is 135 Å². The van der Waals surface area contributed by atoms with E-state index in [0.717, 1.165) is 22.3 Å². The largest absolute Gasteiger partial charge is 0.478 e. The van der Waals surface area contributed by atoms with Gasteiger partial charge in [-0.2, -0.15) is 0 Å². The van der Waals surface area contributed by atoms with Crippen LogP contribution in [0.25, 0.3) is 11.6 Å². The monoisotopic (exact) mass is 300 g/mol. The summed E-state index contributed by atoms with van der Waals surface area (Å²) in [6.07, 6.45) is 2.08. The molecule has 0 spiro atoms. The van der Waals surface area contributed by atoms with E-state index < -0.39 is 5.97 Å². The van der Waals surface area contributed by atoms with Gasteiger partial charge in [0, 0.05) is 0 Å². The first-order valence-electron chi connectivity index (χ1n) is 7.40. The van der Waals surface area contributed by atoms with E-state index in [-0.39, 0.29) is 0 Å². The second-order valence-corrected chi connectivity index (χ2v) is 5.22. The van der Waals surface area contributed by atoms with Gasteiger partial charge in [0.25, 0.3) is 0 Å². The first kappa shape index (κ1) is 14.8. The number of carboxylic acid groups (broad SMARTS) is 1. The number of benzene rings is 3. The average molecular weight is 300 g/mol. The molecule has 0 amide bonds. The predicted molar refractivity (Wildman–Crippen MR) is 93.3 cm³/mol. The molecule has 0 aliphatic heterocycles. The Morgan fingerprint density at radius 3 is 1.57 bits per heavy atom. The van der Waals surface area contributed by atoms with Crippen LogP contribution in [0.3, 0.4) is 0 Å². The molecule has 112 valence electrons. The van der Waals surface area contributed by atoms with Crippen LogP contribution in [0.4, 0.5) is 0 Å². The van der Waals surface area contributed by atoms with E-state index in [0.29, 0.717) is 5.56 Å². The van der Waals surface area contributed by atoms with Crippen LogP contribution in [0.5, 0.6) is 0 Å². The fraction of sp³-hybridized carbons (Fsp3) is 0. The summed E-state index contributed by atoms with van der Waals surface area (Å²) in [5.41, 5.74) is 4.62. The summed E-state index contributed by atoms with van der Waals surface area (Å²) in [5, 5.41) is 9.00. The van der Waals surface area contributed by atoms with Crippen molar-refractivity contribution in [2.45, 2.75) is 0 Å². The van der Waals surface area contributed by atoms with Gasteiger partial charge in [-0.1, -0.05) is 72.8 Å². The molecular weight excluding hydrogens is 284 g/mol. The standard InChI is InChI=1S/C21H16O2/c22-21(23)19-13-11-16(12-14-19)15-20(17-7-3-1-4-8-17)18-9-5-2-6-10-18/h1-15H,(H,22,23). The highest BCUT2D eigenvalue weighted by molar-refractivity contribution is 5.92. The lowest BCUT2D eigenvalue weighted by molar-refractivity contribution is 0.0697. The van der Waals surface area contributed by atoms with Crippen LogP contribution >= 0.6 is 0 Å². The van der Waals surface area contributed by atoms with Gasteiger partial charge in [0.1, 0.15) is 0 Å². The number of hydrogen-bond acceptors (Lipinski definition) is 1. The Morgan fingerprint density at radius 1 is 0.652 bits per heavy atom. The molecule has 0 atom stereocenters. The zero-order valence-electron chi connectivity index (χ0n) is 12.5. The van der Waals surface area contributed by atoms with Crippen LogP contribution in [0.1, 0.15) is 27.0 Å². The summed E-state index contributed by atoms with van der Waals surface area (Å²) in [4.78, 5) is 11.0. The molecule has 1 N–H and O–H groups in total. The summed E-state index contributed by atoms with van der Waals surface area (Å²) in [5.74, 6) is -0.910. The number of hydrogen-bond donors (Lipinski definition) is 1. The van der Waals surface area contributed by atoms with Crippen molar-refractivity contribution in [3.8, 4) is 0 Å². The smallest absolute Gasteiger partial charge is 0.335 e. The third-order valence-corrected chi connectivity index (χ3v) is 3.64. The molecule has 0 heterocycles. The van der Waals surface area contributed by atoms with E-state index in [1.54, 1.807) is 12.1 Å². The molecule has 0 aliphatic carbocycles. The highest BCUT2D eigenvalue weighted by Gasteiger charge is 2.06. The topological polar surface area (TPSA) is 37.3 Å². The van der Waals surface area contributed by atoms with Crippen molar-refractivity contribution in [3.63, 3.8) is 0 Å². The molecule has 3 rings (SSSR count). The SMILES string of the molecule is O=C(O)c1ccc(C=C(c2ccccc2)c2ccccc2)cc1. The second-order valence-electron chi connectivity index (χ2n) is 5.22. The molecule has 23 heavy (non-hydrogen) atoms. The minimum Gasteiger partial charge on any atom is -0.478 e. The summed E-state index contributed by atoms with van der Waals surface area (Å²) >= 11 is 0. The van der Waals surface area contributed by atoms with Crippen molar-refractivity contribution >= 4 is 17.6 Å². The van der Waals surface area contributed by atoms with Crippen molar-refractivity contribution in [3.05, 3.63) is 107 Å². The van der Waals surface area contributed by atoms with Crippen LogP contribution in [0, 0.1) is 0 Å². The Bertz CT molecular complexity index is 775. The van der Waals surface area contributed by atoms with E-state index in [1.807, 2.05) is 48.5 Å². The minimum absolute atomic E-state index is 0.295. The maximum Gasteiger partial charge on any atom is 0.335 e. The molecule has 0 saturated heterocycles. The highest BCUT2D eigenvalue weighted by atomic mass is 16.4. The summed E-state index contributed by atoms with van der Waals surface area (Å²) in [7, 11) is 0. The Hall–Kier alpha value is -3.13. The van der Waals surface area contributed by atoms with Crippen molar-refractivity contribution < 1.29 is 9.90 Å². The quantitative estimate of drug-likeness (QED) is 0.690. The number of rotatable bonds is 4. The van der Waals surface area contributed by atoms with E-state index >= 15 is 0 Å². The molecule has 3 aromatic carbocycles. The summed E-state index contributed by atoms with van der Waals surface area (Å²) < 4.78 is 0. The average Bonchev–Trinajstić information content (AvgIpc) is 2.61. The fourth-order valence-corrected chi connectivity index (χ4v) is 2.46. The lowest BCUT2D eigenvalue weighted by atomic mass is 9.95. The first-order chi connectivity index (χ1) is 11.2. The Kier molecular flexibility index (Phi) is 4.34. The molecular formula is C21H16O2. The van der Waals surface area contributed by atoms with E-state index in [4.69, 9.17) is 5.11 Å². The molecule has 0 fully saturated rings. The van der Waals surface area contributed by atoms with Crippen LogP contribution in [-0.2, 0) is 0 Å². The maximum absolute atomic E-state index is 11.0. The van der Waals surface area contributed by atoms with Crippen LogP contribution in [-0.4, -0.2) is 11.1 Å². The summed E-state index contributed by atoms with van der Waals surface area (Å²) in [6.45, 7) is 0. The third kappa shape index (κ3) is 3.55. The molecule has 2 heteroatoms. The molecule has 0 saturated carbocycles. The second kappa shape index (κ2) is 6.75. The number of carbonyl (C=O) groups is 1. The Balaban J connectivity index is 2.06. The molecule has 3 aromatic rings. The van der Waals surface area contributed by atoms with Gasteiger partial charge in [-0.3, -0.25) is 0 Å². The maximum atomic E-state index is 11.0. The van der Waals surface area contributed by atoms with Gasteiger partial charge in [-0.25, -0.2) is 4.79 Å². The molecule has 0 radical (unpaired) electrons. The highest BCUT2D eigenvalue weighted by Crippen LogP contribution is 2.26. The third-order valence-electron chi connectivity index (χ3n) is 3.64. The predicted octanol–water partition coefficient (Wildman–Crippen LogP) is 4.97. The minimum atomic E-state index is -0.910. The molecule has 2 nitrogen and oxygen atoms in total. The first-order valence-corrected chi connectivity index (χ1v) is 7.40. The van der Waals surface area contributed by atoms with Gasteiger partial charge in [-0.15, -0.1) is 0 Å². The van der Waals surface area contributed by atoms with Crippen molar-refractivity contribution in [1.29, 1.82) is 0 Å². The van der Waals surface area contributed by atoms with Crippen molar-refractivity contribution in [2.75, 3.05) is 0 Å². The normalized spacial score (nSPS) is 10.1. The van der Waals surface area contributed by atoms with E-state index in [9.17, 15) is 4.79 Å². The van der Waals surface area contributed by atoms with Gasteiger partial charge in [-0.05, 0) is 40.5 Å². The molecule has 0 unspecified atom stereocenters. The number of carboxylic acids is 1.